The molecule has 56 heavy (non-hydrogen) atoms. The lowest BCUT2D eigenvalue weighted by atomic mass is 9.84. The molecule has 0 saturated heterocycles. The number of hydrogen-bond donors (Lipinski definition) is 6. The van der Waals surface area contributed by atoms with Gasteiger partial charge < -0.3 is 33.6 Å². The summed E-state index contributed by atoms with van der Waals surface area (Å²) in [5.41, 5.74) is 25.2. The summed E-state index contributed by atoms with van der Waals surface area (Å²) in [6, 6.07) is 5.54. The molecule has 0 spiro atoms. The molecule has 1 saturated carbocycles. The van der Waals surface area contributed by atoms with Gasteiger partial charge in [0.05, 0.1) is 15.4 Å². The van der Waals surface area contributed by atoms with Crippen LogP contribution in [0, 0.1) is 11.8 Å². The van der Waals surface area contributed by atoms with Crippen LogP contribution in [0.4, 0.5) is 0 Å². The van der Waals surface area contributed by atoms with E-state index in [-0.39, 0.29) is 39.7 Å². The van der Waals surface area contributed by atoms with Crippen LogP contribution in [0.2, 0.25) is 0 Å². The summed E-state index contributed by atoms with van der Waals surface area (Å²) in [5, 5.41) is 7.76. The van der Waals surface area contributed by atoms with E-state index in [1.807, 2.05) is 12.2 Å². The minimum atomic E-state index is -1.48. The van der Waals surface area contributed by atoms with E-state index in [4.69, 9.17) is 109 Å². The lowest BCUT2D eigenvalue weighted by Gasteiger charge is -2.34. The molecule has 1 aromatic rings. The summed E-state index contributed by atoms with van der Waals surface area (Å²) >= 11 is 44.5. The molecule has 0 aliphatic heterocycles. The molecule has 15 heteroatoms. The fourth-order valence-corrected chi connectivity index (χ4v) is 11.7. The maximum atomic E-state index is 6.57. The fraction of sp³-hybridized carbons (Fsp3) is 0.780. The molecule has 10 N–H and O–H groups in total. The van der Waals surface area contributed by atoms with Gasteiger partial charge in [-0.15, -0.1) is 47.2 Å². The molecule has 3 aliphatic rings. The van der Waals surface area contributed by atoms with E-state index in [0.29, 0.717) is 12.1 Å². The number of unbranched alkanes of at least 4 members (excludes halogenated alkanes) is 10. The predicted octanol–water partition coefficient (Wildman–Crippen LogP) is 9.82. The van der Waals surface area contributed by atoms with Gasteiger partial charge in [-0.05, 0) is 109 Å². The molecule has 1 fully saturated rings. The van der Waals surface area contributed by atoms with Gasteiger partial charge in [0, 0.05) is 42.2 Å². The zero-order valence-corrected chi connectivity index (χ0v) is 39.2. The van der Waals surface area contributed by atoms with Crippen molar-refractivity contribution in [3.8, 4) is 0 Å². The largest absolute Gasteiger partial charge is 0.330 e. The Morgan fingerprint density at radius 3 is 1.55 bits per heavy atom. The minimum absolute atomic E-state index is 0. The van der Waals surface area contributed by atoms with E-state index in [1.165, 1.54) is 88.3 Å². The average Bonchev–Trinajstić information content (AvgIpc) is 3.67. The highest BCUT2D eigenvalue weighted by Crippen LogP contribution is 2.78. The third-order valence-electron chi connectivity index (χ3n) is 11.4. The van der Waals surface area contributed by atoms with E-state index < -0.39 is 14.1 Å². The summed E-state index contributed by atoms with van der Waals surface area (Å²) < 4.78 is -1.48. The number of pyridine rings is 1. The summed E-state index contributed by atoms with van der Waals surface area (Å²) in [5.74, 6) is -0.470. The summed E-state index contributed by atoms with van der Waals surface area (Å²) in [7, 11) is 0. The highest BCUT2D eigenvalue weighted by molar-refractivity contribution is 6.66. The van der Waals surface area contributed by atoms with Gasteiger partial charge >= 0.3 is 0 Å². The van der Waals surface area contributed by atoms with Crippen LogP contribution in [0.1, 0.15) is 114 Å². The summed E-state index contributed by atoms with van der Waals surface area (Å²) in [6.07, 6.45) is 27.1. The topological polar surface area (TPSA) is 141 Å². The standard InChI is InChI=1S/C31H63N7.C10H5Cl7.ClH/c32-19-9-1-3-13-23-36-29(15-7-5-11-21-34)25-28-17-18-31(38-27-28)26-30(16-8-6-12-22-35)37-24-14-4-2-10-20-33;11-4-2-1-3-5(4)9(15)7(13)6(12)8(3,14)10(9,16)17;/h17-18,27,29-30,36-37H,1-16,19-26,32-35H2;1-5H;1H. The molecular formula is C41H69Cl8N7. The van der Waals surface area contributed by atoms with Crippen molar-refractivity contribution < 1.29 is 0 Å². The number of nitrogens with one attached hydrogen (secondary N) is 2. The van der Waals surface area contributed by atoms with Crippen molar-refractivity contribution in [2.45, 2.75) is 147 Å². The number of nitrogens with two attached hydrogens (primary N) is 4. The van der Waals surface area contributed by atoms with Crippen molar-refractivity contribution >= 4 is 93.6 Å². The van der Waals surface area contributed by atoms with Gasteiger partial charge in [0.25, 0.3) is 0 Å². The van der Waals surface area contributed by atoms with Crippen molar-refractivity contribution in [3.05, 3.63) is 51.8 Å². The zero-order valence-electron chi connectivity index (χ0n) is 33.1. The first-order chi connectivity index (χ1) is 26.4. The van der Waals surface area contributed by atoms with Gasteiger partial charge in [0.1, 0.15) is 9.75 Å². The first-order valence-electron chi connectivity index (χ1n) is 20.8. The van der Waals surface area contributed by atoms with Crippen molar-refractivity contribution in [2.75, 3.05) is 39.3 Å². The molecule has 1 heterocycles. The molecule has 0 aromatic carbocycles. The third-order valence-corrected chi connectivity index (χ3v) is 16.1. The lowest BCUT2D eigenvalue weighted by molar-refractivity contribution is 0.420. The first-order valence-corrected chi connectivity index (χ1v) is 23.5. The summed E-state index contributed by atoms with van der Waals surface area (Å²) in [4.78, 5) is 2.45. The number of nitrogens with zero attached hydrogens (tertiary/aromatic N) is 1. The Hall–Kier alpha value is 0.710. The Labute approximate surface area is 379 Å². The number of fused-ring (bicyclic) bond motifs is 5. The van der Waals surface area contributed by atoms with Crippen LogP contribution >= 0.6 is 93.6 Å². The quantitative estimate of drug-likeness (QED) is 0.0279. The van der Waals surface area contributed by atoms with Gasteiger partial charge in [-0.25, -0.2) is 0 Å². The van der Waals surface area contributed by atoms with Crippen LogP contribution in [0.25, 0.3) is 0 Å². The predicted molar refractivity (Wildman–Crippen MR) is 249 cm³/mol. The molecule has 4 rings (SSSR count). The smallest absolute Gasteiger partial charge is 0.167 e. The Balaban J connectivity index is 0.000000494. The maximum absolute atomic E-state index is 6.57. The van der Waals surface area contributed by atoms with Crippen molar-refractivity contribution in [3.63, 3.8) is 0 Å². The molecule has 324 valence electrons. The van der Waals surface area contributed by atoms with Gasteiger partial charge in [-0.3, -0.25) is 4.98 Å². The number of allylic oxidation sites excluding steroid dienone is 4. The van der Waals surface area contributed by atoms with Gasteiger partial charge in [0.2, 0.25) is 0 Å². The molecule has 3 aliphatic carbocycles. The van der Waals surface area contributed by atoms with Crippen molar-refractivity contribution in [1.82, 2.24) is 15.6 Å². The zero-order chi connectivity index (χ0) is 40.3. The Kier molecular flexibility index (Phi) is 26.1. The Bertz CT molecular complexity index is 1240. The van der Waals surface area contributed by atoms with Crippen LogP contribution in [0.15, 0.2) is 40.5 Å². The number of halogens is 8. The second-order valence-corrected chi connectivity index (χ2v) is 19.3. The molecule has 2 bridgehead atoms. The number of rotatable bonds is 28. The highest BCUT2D eigenvalue weighted by atomic mass is 35.5. The van der Waals surface area contributed by atoms with Crippen LogP contribution < -0.4 is 33.6 Å². The number of aromatic nitrogens is 1. The third kappa shape index (κ3) is 14.1. The molecule has 0 amide bonds. The van der Waals surface area contributed by atoms with Crippen LogP contribution in [-0.2, 0) is 12.8 Å². The molecule has 7 atom stereocenters. The fourth-order valence-electron chi connectivity index (χ4n) is 8.15. The molecule has 0 radical (unpaired) electrons. The minimum Gasteiger partial charge on any atom is -0.330 e. The Morgan fingerprint density at radius 2 is 1.07 bits per heavy atom. The van der Waals surface area contributed by atoms with Gasteiger partial charge in [0.15, 0.2) is 4.33 Å². The Morgan fingerprint density at radius 1 is 0.607 bits per heavy atom. The number of alkyl halides is 5. The monoisotopic (exact) mass is 939 g/mol. The van der Waals surface area contributed by atoms with E-state index in [9.17, 15) is 0 Å². The van der Waals surface area contributed by atoms with Crippen LogP contribution in [-0.4, -0.2) is 75.8 Å². The molecule has 1 aromatic heterocycles. The molecule has 7 unspecified atom stereocenters. The molecular weight excluding hydrogens is 874 g/mol. The highest BCUT2D eigenvalue weighted by Gasteiger charge is 2.83. The SMILES string of the molecule is Cl.ClC1=C(Cl)C2(Cl)C3C(Cl)C=CC3C1(Cl)C2(Cl)Cl.NCCCCCCNC(CCCCCN)Cc1ccc(CC(CCCCCN)NCCCCCCN)nc1. The second kappa shape index (κ2) is 27.6. The normalized spacial score (nSPS) is 25.5. The van der Waals surface area contributed by atoms with Gasteiger partial charge in [-0.1, -0.05) is 116 Å². The maximum Gasteiger partial charge on any atom is 0.167 e. The first kappa shape index (κ1) is 52.8. The second-order valence-electron chi connectivity index (χ2n) is 15.6. The van der Waals surface area contributed by atoms with Crippen molar-refractivity contribution in [1.29, 1.82) is 0 Å². The van der Waals surface area contributed by atoms with E-state index in [2.05, 4.69) is 29.0 Å². The van der Waals surface area contributed by atoms with Crippen LogP contribution in [0.5, 0.6) is 0 Å². The van der Waals surface area contributed by atoms with E-state index in [1.54, 1.807) is 0 Å². The van der Waals surface area contributed by atoms with Crippen LogP contribution in [0.3, 0.4) is 0 Å². The lowest BCUT2D eigenvalue weighted by Crippen LogP contribution is -2.45. The van der Waals surface area contributed by atoms with E-state index in [0.717, 1.165) is 77.8 Å². The van der Waals surface area contributed by atoms with Gasteiger partial charge in [-0.2, -0.15) is 0 Å². The number of hydrogen-bond acceptors (Lipinski definition) is 7. The molecule has 7 nitrogen and oxygen atoms in total. The van der Waals surface area contributed by atoms with Crippen molar-refractivity contribution in [2.24, 2.45) is 34.8 Å². The van der Waals surface area contributed by atoms with E-state index >= 15 is 0 Å². The average molecular weight is 944 g/mol. The summed E-state index contributed by atoms with van der Waals surface area (Å²) in [6.45, 7) is 5.36.